The van der Waals surface area contributed by atoms with Crippen molar-refractivity contribution in [2.45, 2.75) is 24.9 Å². The third-order valence-corrected chi connectivity index (χ3v) is 4.77. The van der Waals surface area contributed by atoms with Crippen LogP contribution >= 0.6 is 0 Å². The van der Waals surface area contributed by atoms with Crippen molar-refractivity contribution in [3.05, 3.63) is 77.1 Å². The van der Waals surface area contributed by atoms with Gasteiger partial charge in [-0.3, -0.25) is 4.79 Å². The first kappa shape index (κ1) is 18.3. The van der Waals surface area contributed by atoms with E-state index in [0.29, 0.717) is 6.54 Å². The summed E-state index contributed by atoms with van der Waals surface area (Å²) in [6.45, 7) is 2.36. The van der Waals surface area contributed by atoms with E-state index in [1.807, 2.05) is 31.2 Å². The van der Waals surface area contributed by atoms with Crippen LogP contribution in [-0.2, 0) is 0 Å². The molecule has 3 atom stereocenters. The van der Waals surface area contributed by atoms with Gasteiger partial charge in [-0.2, -0.15) is 0 Å². The third kappa shape index (κ3) is 3.84. The molecule has 0 aromatic heterocycles. The maximum Gasteiger partial charge on any atom is 0.254 e. The van der Waals surface area contributed by atoms with E-state index in [0.717, 1.165) is 11.1 Å². The predicted octanol–water partition coefficient (Wildman–Crippen LogP) is 2.71. The summed E-state index contributed by atoms with van der Waals surface area (Å²) in [6, 6.07) is 14.1. The maximum absolute atomic E-state index is 13.7. The number of nitrogens with one attached hydrogen (secondary N) is 2. The summed E-state index contributed by atoms with van der Waals surface area (Å²) in [5, 5.41) is 15.6. The van der Waals surface area contributed by atoms with Gasteiger partial charge in [0.1, 0.15) is 5.82 Å². The van der Waals surface area contributed by atoms with E-state index >= 15 is 0 Å². The van der Waals surface area contributed by atoms with Gasteiger partial charge in [-0.25, -0.2) is 4.39 Å². The first-order valence-electron chi connectivity index (χ1n) is 8.76. The van der Waals surface area contributed by atoms with Gasteiger partial charge in [-0.05, 0) is 30.2 Å². The Morgan fingerprint density at radius 1 is 1.19 bits per heavy atom. The molecule has 1 amide bonds. The van der Waals surface area contributed by atoms with Gasteiger partial charge in [0.2, 0.25) is 0 Å². The van der Waals surface area contributed by atoms with Crippen LogP contribution in [0.2, 0.25) is 0 Å². The van der Waals surface area contributed by atoms with E-state index in [2.05, 4.69) is 22.8 Å². The lowest BCUT2D eigenvalue weighted by atomic mass is 9.77. The van der Waals surface area contributed by atoms with Crippen LogP contribution in [0.4, 0.5) is 4.39 Å². The lowest BCUT2D eigenvalue weighted by molar-refractivity contribution is 0.0906. The minimum Gasteiger partial charge on any atom is -0.395 e. The maximum atomic E-state index is 13.7. The van der Waals surface area contributed by atoms with Gasteiger partial charge in [-0.15, -0.1) is 0 Å². The van der Waals surface area contributed by atoms with Gasteiger partial charge in [0.25, 0.3) is 5.91 Å². The molecule has 0 unspecified atom stereocenters. The molecule has 2 aromatic rings. The van der Waals surface area contributed by atoms with Crippen LogP contribution in [-0.4, -0.2) is 36.2 Å². The summed E-state index contributed by atoms with van der Waals surface area (Å²) in [5.41, 5.74) is 2.27. The zero-order valence-electron chi connectivity index (χ0n) is 14.7. The number of amides is 1. The Hall–Kier alpha value is -2.50. The minimum atomic E-state index is -0.532. The lowest BCUT2D eigenvalue weighted by Gasteiger charge is -2.46. The summed E-state index contributed by atoms with van der Waals surface area (Å²) in [7, 11) is 0. The number of aliphatic hydroxyl groups is 1. The summed E-state index contributed by atoms with van der Waals surface area (Å²) in [5.74, 6) is -0.865. The summed E-state index contributed by atoms with van der Waals surface area (Å²) in [6.07, 6.45) is 4.01. The molecule has 4 nitrogen and oxygen atoms in total. The van der Waals surface area contributed by atoms with Crippen molar-refractivity contribution < 1.29 is 14.3 Å². The van der Waals surface area contributed by atoms with Gasteiger partial charge in [0.05, 0.1) is 12.2 Å². The molecule has 0 radical (unpaired) electrons. The number of carbonyl (C=O) groups excluding carboxylic acids is 1. The minimum absolute atomic E-state index is 0.00422. The van der Waals surface area contributed by atoms with Gasteiger partial charge in [0, 0.05) is 24.5 Å². The fourth-order valence-electron chi connectivity index (χ4n) is 3.43. The Balaban J connectivity index is 1.66. The number of halogens is 1. The average Bonchev–Trinajstić information content (AvgIpc) is 2.63. The van der Waals surface area contributed by atoms with Crippen molar-refractivity contribution in [2.75, 3.05) is 13.2 Å². The monoisotopic (exact) mass is 354 g/mol. The van der Waals surface area contributed by atoms with Gasteiger partial charge >= 0.3 is 0 Å². The molecule has 0 saturated carbocycles. The standard InChI is InChI=1S/C21H23FN2O2/c1-2-5-14-8-10-15(11-9-14)20-18(24-19(20)13-25)12-23-21(26)16-6-3-4-7-17(16)22/h2-11,18-20,24-25H,12-13H2,1H3,(H,23,26)/b5-2+/t18-,19+,20+/m0/s1. The Kier molecular flexibility index (Phi) is 5.81. The Labute approximate surface area is 152 Å². The average molecular weight is 354 g/mol. The highest BCUT2D eigenvalue weighted by Gasteiger charge is 2.40. The van der Waals surface area contributed by atoms with Crippen LogP contribution in [0.15, 0.2) is 54.6 Å². The van der Waals surface area contributed by atoms with Crippen molar-refractivity contribution in [3.63, 3.8) is 0 Å². The molecule has 1 aliphatic heterocycles. The van der Waals surface area contributed by atoms with E-state index in [9.17, 15) is 14.3 Å². The Morgan fingerprint density at radius 2 is 1.92 bits per heavy atom. The molecular weight excluding hydrogens is 331 g/mol. The largest absolute Gasteiger partial charge is 0.395 e. The van der Waals surface area contributed by atoms with Gasteiger partial charge < -0.3 is 15.7 Å². The second kappa shape index (κ2) is 8.25. The van der Waals surface area contributed by atoms with Crippen LogP contribution in [0.1, 0.15) is 34.3 Å². The molecule has 3 N–H and O–H groups in total. The van der Waals surface area contributed by atoms with E-state index in [-0.39, 0.29) is 30.2 Å². The number of benzene rings is 2. The smallest absolute Gasteiger partial charge is 0.254 e. The molecule has 1 saturated heterocycles. The molecule has 5 heteroatoms. The highest BCUT2D eigenvalue weighted by molar-refractivity contribution is 5.94. The number of allylic oxidation sites excluding steroid dienone is 1. The van der Waals surface area contributed by atoms with Crippen LogP contribution in [0.3, 0.4) is 0 Å². The molecule has 1 fully saturated rings. The van der Waals surface area contributed by atoms with Crippen molar-refractivity contribution in [1.82, 2.24) is 10.6 Å². The van der Waals surface area contributed by atoms with E-state index in [1.54, 1.807) is 12.1 Å². The second-order valence-electron chi connectivity index (χ2n) is 6.44. The molecule has 136 valence electrons. The molecule has 0 aliphatic carbocycles. The molecule has 0 spiro atoms. The van der Waals surface area contributed by atoms with E-state index < -0.39 is 11.7 Å². The molecule has 3 rings (SSSR count). The van der Waals surface area contributed by atoms with Crippen molar-refractivity contribution in [3.8, 4) is 0 Å². The normalized spacial score (nSPS) is 22.2. The summed E-state index contributed by atoms with van der Waals surface area (Å²) < 4.78 is 13.7. The predicted molar refractivity (Wildman–Crippen MR) is 100 cm³/mol. The number of hydrogen-bond acceptors (Lipinski definition) is 3. The third-order valence-electron chi connectivity index (χ3n) is 4.77. The number of aliphatic hydroxyl groups excluding tert-OH is 1. The quantitative estimate of drug-likeness (QED) is 0.747. The fourth-order valence-corrected chi connectivity index (χ4v) is 3.43. The number of hydrogen-bond donors (Lipinski definition) is 3. The SMILES string of the molecule is C/C=C/c1ccc([C@@H]2[C@H](CNC(=O)c3ccccc3F)N[C@@H]2CO)cc1. The van der Waals surface area contributed by atoms with E-state index in [1.165, 1.54) is 12.1 Å². The zero-order valence-corrected chi connectivity index (χ0v) is 14.7. The summed E-state index contributed by atoms with van der Waals surface area (Å²) >= 11 is 0. The first-order valence-corrected chi connectivity index (χ1v) is 8.76. The van der Waals surface area contributed by atoms with Crippen LogP contribution in [0.5, 0.6) is 0 Å². The molecule has 26 heavy (non-hydrogen) atoms. The highest BCUT2D eigenvalue weighted by Crippen LogP contribution is 2.32. The molecule has 1 aliphatic rings. The lowest BCUT2D eigenvalue weighted by Crippen LogP contribution is -2.64. The number of rotatable bonds is 6. The number of carbonyl (C=O) groups is 1. The second-order valence-corrected chi connectivity index (χ2v) is 6.44. The first-order chi connectivity index (χ1) is 12.6. The fraction of sp³-hybridized carbons (Fsp3) is 0.286. The molecule has 0 bridgehead atoms. The molecular formula is C21H23FN2O2. The Bertz CT molecular complexity index is 789. The van der Waals surface area contributed by atoms with Crippen LogP contribution in [0.25, 0.3) is 6.08 Å². The van der Waals surface area contributed by atoms with Crippen molar-refractivity contribution in [1.29, 1.82) is 0 Å². The Morgan fingerprint density at radius 3 is 2.58 bits per heavy atom. The van der Waals surface area contributed by atoms with E-state index in [4.69, 9.17) is 0 Å². The molecule has 1 heterocycles. The van der Waals surface area contributed by atoms with Crippen molar-refractivity contribution >= 4 is 12.0 Å². The van der Waals surface area contributed by atoms with Crippen LogP contribution in [0, 0.1) is 5.82 Å². The zero-order chi connectivity index (χ0) is 18.5. The van der Waals surface area contributed by atoms with Crippen LogP contribution < -0.4 is 10.6 Å². The molecule has 2 aromatic carbocycles. The van der Waals surface area contributed by atoms with Gasteiger partial charge in [-0.1, -0.05) is 48.6 Å². The topological polar surface area (TPSA) is 61.4 Å². The van der Waals surface area contributed by atoms with Crippen molar-refractivity contribution in [2.24, 2.45) is 0 Å². The summed E-state index contributed by atoms with van der Waals surface area (Å²) in [4.78, 5) is 12.2. The van der Waals surface area contributed by atoms with Gasteiger partial charge in [0.15, 0.2) is 0 Å². The highest BCUT2D eigenvalue weighted by atomic mass is 19.1.